The monoisotopic (exact) mass is 355 g/mol. The zero-order valence-corrected chi connectivity index (χ0v) is 14.9. The van der Waals surface area contributed by atoms with Gasteiger partial charge in [-0.1, -0.05) is 12.8 Å². The lowest BCUT2D eigenvalue weighted by Gasteiger charge is -2.31. The molecule has 4 rings (SSSR count). The number of rotatable bonds is 5. The van der Waals surface area contributed by atoms with Gasteiger partial charge in [0.15, 0.2) is 0 Å². The van der Waals surface area contributed by atoms with Crippen molar-refractivity contribution in [3.63, 3.8) is 0 Å². The summed E-state index contributed by atoms with van der Waals surface area (Å²) in [7, 11) is 0. The summed E-state index contributed by atoms with van der Waals surface area (Å²) in [6, 6.07) is 4.01. The van der Waals surface area contributed by atoms with Gasteiger partial charge in [-0.3, -0.25) is 4.98 Å². The molecule has 7 nitrogen and oxygen atoms in total. The van der Waals surface area contributed by atoms with Crippen molar-refractivity contribution < 1.29 is 9.53 Å². The zero-order chi connectivity index (χ0) is 17.8. The number of nitrogens with one attached hydrogen (secondary N) is 1. The standard InChI is InChI=1S/C19H25N5O2/c25-19(22-15-12-21-24(13-15)17-7-9-20-10-8-17)23(16-4-1-2-5-16)14-18-6-3-11-26-18/h7-10,12-13,16,18H,1-6,11,14H2,(H,22,25)/t18-/m1/s1. The number of pyridine rings is 1. The van der Waals surface area contributed by atoms with Crippen molar-refractivity contribution in [2.24, 2.45) is 0 Å². The van der Waals surface area contributed by atoms with Gasteiger partial charge in [0.1, 0.15) is 0 Å². The Morgan fingerprint density at radius 1 is 1.23 bits per heavy atom. The average Bonchev–Trinajstić information content (AvgIpc) is 3.42. The number of carbonyl (C=O) groups is 1. The first-order chi connectivity index (χ1) is 12.8. The molecule has 2 aliphatic rings. The third-order valence-electron chi connectivity index (χ3n) is 5.21. The summed E-state index contributed by atoms with van der Waals surface area (Å²) in [5, 5.41) is 7.35. The minimum atomic E-state index is -0.0540. The molecule has 2 amide bonds. The van der Waals surface area contributed by atoms with Crippen molar-refractivity contribution in [2.75, 3.05) is 18.5 Å². The van der Waals surface area contributed by atoms with E-state index in [9.17, 15) is 4.79 Å². The number of hydrogen-bond donors (Lipinski definition) is 1. The van der Waals surface area contributed by atoms with Crippen LogP contribution in [0.25, 0.3) is 5.69 Å². The van der Waals surface area contributed by atoms with Crippen LogP contribution in [0.5, 0.6) is 0 Å². The highest BCUT2D eigenvalue weighted by molar-refractivity contribution is 5.89. The van der Waals surface area contributed by atoms with Crippen molar-refractivity contribution in [1.29, 1.82) is 0 Å². The van der Waals surface area contributed by atoms with E-state index in [0.29, 0.717) is 18.3 Å². The van der Waals surface area contributed by atoms with E-state index in [1.807, 2.05) is 23.2 Å². The van der Waals surface area contributed by atoms with Gasteiger partial charge in [0, 0.05) is 31.6 Å². The number of aromatic nitrogens is 3. The van der Waals surface area contributed by atoms with Gasteiger partial charge in [0.2, 0.25) is 0 Å². The van der Waals surface area contributed by atoms with Crippen LogP contribution in [0.3, 0.4) is 0 Å². The highest BCUT2D eigenvalue weighted by Crippen LogP contribution is 2.26. The molecule has 0 radical (unpaired) electrons. The molecular formula is C19H25N5O2. The molecule has 1 atom stereocenters. The summed E-state index contributed by atoms with van der Waals surface area (Å²) in [4.78, 5) is 18.9. The molecule has 1 N–H and O–H groups in total. The van der Waals surface area contributed by atoms with Crippen molar-refractivity contribution in [1.82, 2.24) is 19.7 Å². The molecule has 0 spiro atoms. The summed E-state index contributed by atoms with van der Waals surface area (Å²) in [6.07, 6.45) is 13.8. The predicted octanol–water partition coefficient (Wildman–Crippen LogP) is 3.22. The number of amides is 2. The van der Waals surface area contributed by atoms with E-state index in [2.05, 4.69) is 15.4 Å². The van der Waals surface area contributed by atoms with Crippen LogP contribution in [-0.4, -0.2) is 51.0 Å². The number of ether oxygens (including phenoxy) is 1. The van der Waals surface area contributed by atoms with E-state index in [1.165, 1.54) is 12.8 Å². The normalized spacial score (nSPS) is 20.4. The first-order valence-corrected chi connectivity index (χ1v) is 9.44. The Labute approximate surface area is 153 Å². The van der Waals surface area contributed by atoms with Crippen molar-refractivity contribution in [3.05, 3.63) is 36.9 Å². The quantitative estimate of drug-likeness (QED) is 0.894. The van der Waals surface area contributed by atoms with Gasteiger partial charge in [0.25, 0.3) is 0 Å². The minimum Gasteiger partial charge on any atom is -0.376 e. The van der Waals surface area contributed by atoms with Crippen molar-refractivity contribution in [2.45, 2.75) is 50.7 Å². The van der Waals surface area contributed by atoms with Crippen LogP contribution in [-0.2, 0) is 4.74 Å². The molecule has 2 aromatic heterocycles. The molecule has 2 aromatic rings. The topological polar surface area (TPSA) is 72.3 Å². The Morgan fingerprint density at radius 3 is 2.77 bits per heavy atom. The van der Waals surface area contributed by atoms with Crippen LogP contribution < -0.4 is 5.32 Å². The maximum absolute atomic E-state index is 12.9. The lowest BCUT2D eigenvalue weighted by Crippen LogP contribution is -2.45. The molecule has 26 heavy (non-hydrogen) atoms. The fourth-order valence-corrected chi connectivity index (χ4v) is 3.84. The Bertz CT molecular complexity index is 721. The number of hydrogen-bond acceptors (Lipinski definition) is 4. The third kappa shape index (κ3) is 3.88. The Hall–Kier alpha value is -2.41. The third-order valence-corrected chi connectivity index (χ3v) is 5.21. The Balaban J connectivity index is 1.44. The molecule has 2 fully saturated rings. The average molecular weight is 355 g/mol. The highest BCUT2D eigenvalue weighted by atomic mass is 16.5. The maximum atomic E-state index is 12.9. The maximum Gasteiger partial charge on any atom is 0.322 e. The number of urea groups is 1. The van der Waals surface area contributed by atoms with E-state index >= 15 is 0 Å². The van der Waals surface area contributed by atoms with Crippen LogP contribution in [0.1, 0.15) is 38.5 Å². The molecule has 0 bridgehead atoms. The van der Waals surface area contributed by atoms with Crippen LogP contribution in [0, 0.1) is 0 Å². The molecule has 0 unspecified atom stereocenters. The fourth-order valence-electron chi connectivity index (χ4n) is 3.84. The first-order valence-electron chi connectivity index (χ1n) is 9.44. The Kier molecular flexibility index (Phi) is 5.15. The number of nitrogens with zero attached hydrogens (tertiary/aromatic N) is 4. The predicted molar refractivity (Wildman–Crippen MR) is 98.3 cm³/mol. The molecule has 3 heterocycles. The van der Waals surface area contributed by atoms with Crippen LogP contribution in [0.15, 0.2) is 36.9 Å². The highest BCUT2D eigenvalue weighted by Gasteiger charge is 2.30. The van der Waals surface area contributed by atoms with Gasteiger partial charge >= 0.3 is 6.03 Å². The summed E-state index contributed by atoms with van der Waals surface area (Å²) < 4.78 is 7.49. The van der Waals surface area contributed by atoms with Crippen molar-refractivity contribution in [3.8, 4) is 5.69 Å². The molecule has 1 aliphatic carbocycles. The summed E-state index contributed by atoms with van der Waals surface area (Å²) >= 11 is 0. The molecule has 1 saturated heterocycles. The summed E-state index contributed by atoms with van der Waals surface area (Å²) in [5.74, 6) is 0. The smallest absolute Gasteiger partial charge is 0.322 e. The van der Waals surface area contributed by atoms with Gasteiger partial charge in [-0.2, -0.15) is 5.10 Å². The molecule has 1 saturated carbocycles. The second-order valence-electron chi connectivity index (χ2n) is 7.03. The van der Waals surface area contributed by atoms with Gasteiger partial charge in [0.05, 0.1) is 29.9 Å². The van der Waals surface area contributed by atoms with Crippen molar-refractivity contribution >= 4 is 11.7 Å². The molecule has 7 heteroatoms. The van der Waals surface area contributed by atoms with Gasteiger partial charge in [-0.05, 0) is 37.8 Å². The van der Waals surface area contributed by atoms with E-state index in [1.54, 1.807) is 23.3 Å². The van der Waals surface area contributed by atoms with Gasteiger partial charge in [-0.25, -0.2) is 9.48 Å². The number of carbonyl (C=O) groups excluding carboxylic acids is 1. The van der Waals surface area contributed by atoms with E-state index < -0.39 is 0 Å². The SMILES string of the molecule is O=C(Nc1cnn(-c2ccncc2)c1)N(C[C@H]1CCCO1)C1CCCC1. The minimum absolute atomic E-state index is 0.0540. The zero-order valence-electron chi connectivity index (χ0n) is 14.9. The van der Waals surface area contributed by atoms with Gasteiger partial charge < -0.3 is 15.0 Å². The molecular weight excluding hydrogens is 330 g/mol. The fraction of sp³-hybridized carbons (Fsp3) is 0.526. The largest absolute Gasteiger partial charge is 0.376 e. The van der Waals surface area contributed by atoms with Crippen LogP contribution in [0.4, 0.5) is 10.5 Å². The van der Waals surface area contributed by atoms with Crippen LogP contribution >= 0.6 is 0 Å². The van der Waals surface area contributed by atoms with E-state index in [4.69, 9.17) is 4.74 Å². The van der Waals surface area contributed by atoms with E-state index in [-0.39, 0.29) is 12.1 Å². The number of anilines is 1. The second kappa shape index (κ2) is 7.86. The van der Waals surface area contributed by atoms with Gasteiger partial charge in [-0.15, -0.1) is 0 Å². The second-order valence-corrected chi connectivity index (χ2v) is 7.03. The summed E-state index contributed by atoms with van der Waals surface area (Å²) in [5.41, 5.74) is 1.61. The van der Waals surface area contributed by atoms with E-state index in [0.717, 1.165) is 38.0 Å². The molecule has 1 aliphatic heterocycles. The van der Waals surface area contributed by atoms with Crippen LogP contribution in [0.2, 0.25) is 0 Å². The first kappa shape index (κ1) is 17.0. The molecule has 0 aromatic carbocycles. The Morgan fingerprint density at radius 2 is 2.04 bits per heavy atom. The lowest BCUT2D eigenvalue weighted by atomic mass is 10.1. The molecule has 138 valence electrons. The lowest BCUT2D eigenvalue weighted by molar-refractivity contribution is 0.0729. The summed E-state index contributed by atoms with van der Waals surface area (Å²) in [6.45, 7) is 1.48.